The van der Waals surface area contributed by atoms with Crippen LogP contribution in [0.5, 0.6) is 0 Å². The predicted molar refractivity (Wildman–Crippen MR) is 109 cm³/mol. The maximum absolute atomic E-state index is 12.9. The van der Waals surface area contributed by atoms with Gasteiger partial charge < -0.3 is 23.7 Å². The molecule has 1 aliphatic heterocycles. The fourth-order valence-corrected chi connectivity index (χ4v) is 2.83. The van der Waals surface area contributed by atoms with Gasteiger partial charge in [-0.3, -0.25) is 4.90 Å². The van der Waals surface area contributed by atoms with E-state index in [4.69, 9.17) is 23.7 Å². The number of hydrogen-bond acceptors (Lipinski definition) is 6. The molecule has 29 heavy (non-hydrogen) atoms. The van der Waals surface area contributed by atoms with Gasteiger partial charge in [-0.1, -0.05) is 43.0 Å². The first-order chi connectivity index (χ1) is 13.7. The minimum absolute atomic E-state index is 0.0413. The monoisotopic (exact) mass is 405 g/mol. The Morgan fingerprint density at radius 2 is 2.00 bits per heavy atom. The molecule has 1 amide bonds. The van der Waals surface area contributed by atoms with Crippen LogP contribution < -0.4 is 0 Å². The largest absolute Gasteiger partial charge is 0.471 e. The first-order valence-electron chi connectivity index (χ1n) is 9.49. The Bertz CT molecular complexity index is 684. The average Bonchev–Trinajstić information content (AvgIpc) is 2.69. The van der Waals surface area contributed by atoms with Crippen LogP contribution in [0.4, 0.5) is 4.79 Å². The molecule has 7 nitrogen and oxygen atoms in total. The molecule has 2 rings (SSSR count). The van der Waals surface area contributed by atoms with Gasteiger partial charge in [-0.2, -0.15) is 0 Å². The fourth-order valence-electron chi connectivity index (χ4n) is 2.83. The molecular weight excluding hydrogens is 374 g/mol. The van der Waals surface area contributed by atoms with Crippen LogP contribution in [0.3, 0.4) is 0 Å². The van der Waals surface area contributed by atoms with E-state index < -0.39 is 30.1 Å². The lowest BCUT2D eigenvalue weighted by Gasteiger charge is -2.41. The lowest BCUT2D eigenvalue weighted by molar-refractivity contribution is -0.229. The molecule has 0 bridgehead atoms. The zero-order chi connectivity index (χ0) is 21.4. The first kappa shape index (κ1) is 22.9. The summed E-state index contributed by atoms with van der Waals surface area (Å²) in [5, 5.41) is 0. The Labute approximate surface area is 172 Å². The molecular formula is C22H31NO6. The molecule has 3 atom stereocenters. The highest BCUT2D eigenvalue weighted by Gasteiger charge is 2.39. The van der Waals surface area contributed by atoms with Crippen molar-refractivity contribution in [3.05, 3.63) is 60.9 Å². The molecule has 0 aromatic heterocycles. The van der Waals surface area contributed by atoms with E-state index in [2.05, 4.69) is 13.2 Å². The number of methoxy groups -OCH3 is 1. The molecule has 0 unspecified atom stereocenters. The van der Waals surface area contributed by atoms with Gasteiger partial charge in [0.25, 0.3) is 0 Å². The van der Waals surface area contributed by atoms with Crippen molar-refractivity contribution in [2.75, 3.05) is 27.1 Å². The summed E-state index contributed by atoms with van der Waals surface area (Å²) in [6.45, 7) is 13.6. The molecule has 0 aliphatic carbocycles. The second-order valence-electron chi connectivity index (χ2n) is 7.68. The molecule has 0 N–H and O–H groups in total. The van der Waals surface area contributed by atoms with Gasteiger partial charge in [0.15, 0.2) is 13.1 Å². The average molecular weight is 405 g/mol. The third-order valence-electron chi connectivity index (χ3n) is 4.14. The van der Waals surface area contributed by atoms with Crippen molar-refractivity contribution >= 4 is 6.09 Å². The number of carbonyl (C=O) groups is 1. The highest BCUT2D eigenvalue weighted by Crippen LogP contribution is 2.30. The summed E-state index contributed by atoms with van der Waals surface area (Å²) in [6, 6.07) is 9.16. The Morgan fingerprint density at radius 1 is 1.31 bits per heavy atom. The van der Waals surface area contributed by atoms with Gasteiger partial charge in [0.2, 0.25) is 0 Å². The van der Waals surface area contributed by atoms with Crippen LogP contribution in [0, 0.1) is 0 Å². The summed E-state index contributed by atoms with van der Waals surface area (Å²) >= 11 is 0. The smallest absolute Gasteiger partial charge is 0.411 e. The van der Waals surface area contributed by atoms with Crippen molar-refractivity contribution in [1.82, 2.24) is 4.90 Å². The van der Waals surface area contributed by atoms with Crippen LogP contribution in [0.25, 0.3) is 0 Å². The number of amides is 1. The van der Waals surface area contributed by atoms with Crippen molar-refractivity contribution in [3.63, 3.8) is 0 Å². The molecule has 0 radical (unpaired) electrons. The molecule has 0 spiro atoms. The van der Waals surface area contributed by atoms with E-state index in [1.807, 2.05) is 51.1 Å². The summed E-state index contributed by atoms with van der Waals surface area (Å²) in [7, 11) is 1.51. The molecule has 1 aromatic rings. The Hall–Kier alpha value is -2.35. The minimum Gasteiger partial charge on any atom is -0.471 e. The van der Waals surface area contributed by atoms with Crippen LogP contribution in [-0.4, -0.2) is 55.8 Å². The van der Waals surface area contributed by atoms with Gasteiger partial charge in [-0.15, -0.1) is 6.58 Å². The van der Waals surface area contributed by atoms with Gasteiger partial charge in [0, 0.05) is 12.7 Å². The summed E-state index contributed by atoms with van der Waals surface area (Å²) in [4.78, 5) is 14.4. The zero-order valence-corrected chi connectivity index (χ0v) is 17.6. The second-order valence-corrected chi connectivity index (χ2v) is 7.68. The van der Waals surface area contributed by atoms with Crippen LogP contribution in [0.1, 0.15) is 32.6 Å². The highest BCUT2D eigenvalue weighted by molar-refractivity contribution is 5.69. The van der Waals surface area contributed by atoms with Crippen molar-refractivity contribution in [3.8, 4) is 0 Å². The molecule has 1 aromatic carbocycles. The summed E-state index contributed by atoms with van der Waals surface area (Å²) < 4.78 is 27.8. The fraction of sp³-hybridized carbons (Fsp3) is 0.500. The van der Waals surface area contributed by atoms with E-state index in [0.29, 0.717) is 5.76 Å². The maximum atomic E-state index is 12.9. The second kappa shape index (κ2) is 10.4. The van der Waals surface area contributed by atoms with Crippen molar-refractivity contribution in [2.24, 2.45) is 0 Å². The van der Waals surface area contributed by atoms with Crippen molar-refractivity contribution in [2.45, 2.75) is 44.8 Å². The number of rotatable bonds is 8. The third kappa shape index (κ3) is 6.88. The first-order valence-corrected chi connectivity index (χ1v) is 9.49. The van der Waals surface area contributed by atoms with E-state index in [9.17, 15) is 4.79 Å². The number of carbonyl (C=O) groups excluding carboxylic acids is 1. The number of benzene rings is 1. The lowest BCUT2D eigenvalue weighted by atomic mass is 10.1. The van der Waals surface area contributed by atoms with E-state index in [-0.39, 0.29) is 19.9 Å². The molecule has 1 saturated heterocycles. The molecule has 1 heterocycles. The number of nitrogens with zero attached hydrogens (tertiary/aromatic N) is 1. The molecule has 1 fully saturated rings. The molecule has 160 valence electrons. The van der Waals surface area contributed by atoms with E-state index in [1.54, 1.807) is 6.08 Å². The molecule has 0 saturated carbocycles. The van der Waals surface area contributed by atoms with E-state index in [0.717, 1.165) is 5.56 Å². The Morgan fingerprint density at radius 3 is 2.59 bits per heavy atom. The quantitative estimate of drug-likeness (QED) is 0.370. The highest BCUT2D eigenvalue weighted by atomic mass is 16.7. The molecule has 7 heteroatoms. The van der Waals surface area contributed by atoms with Crippen molar-refractivity contribution < 1.29 is 28.5 Å². The van der Waals surface area contributed by atoms with E-state index in [1.165, 1.54) is 12.0 Å². The van der Waals surface area contributed by atoms with Gasteiger partial charge in [-0.05, 0) is 20.8 Å². The maximum Gasteiger partial charge on any atom is 0.411 e. The zero-order valence-electron chi connectivity index (χ0n) is 17.6. The van der Waals surface area contributed by atoms with Crippen LogP contribution in [0.2, 0.25) is 0 Å². The summed E-state index contributed by atoms with van der Waals surface area (Å²) in [5.74, 6) is 0.366. The van der Waals surface area contributed by atoms with Crippen molar-refractivity contribution in [1.29, 1.82) is 0 Å². The number of ether oxygens (including phenoxy) is 5. The van der Waals surface area contributed by atoms with Crippen LogP contribution >= 0.6 is 0 Å². The van der Waals surface area contributed by atoms with E-state index >= 15 is 0 Å². The normalized spacial score (nSPS) is 21.9. The van der Waals surface area contributed by atoms with Gasteiger partial charge in [0.05, 0.1) is 19.2 Å². The minimum atomic E-state index is -0.656. The summed E-state index contributed by atoms with van der Waals surface area (Å²) in [5.41, 5.74) is 0.242. The predicted octanol–water partition coefficient (Wildman–Crippen LogP) is 4.03. The third-order valence-corrected chi connectivity index (χ3v) is 4.14. The topological polar surface area (TPSA) is 66.5 Å². The summed E-state index contributed by atoms with van der Waals surface area (Å²) in [6.07, 6.45) is 0.154. The lowest BCUT2D eigenvalue weighted by Crippen LogP contribution is -2.54. The standard InChI is InChI=1S/C22H31NO6/c1-7-19-18(14-26-20(28-19)17-11-9-8-10-12-17)23(13-16(2)27-15-25-6)21(24)29-22(3,4)5/h7-12,18-20H,1-2,13-15H2,3-6H3/t18-,19+,20-/m1/s1. The van der Waals surface area contributed by atoms with Gasteiger partial charge in [0.1, 0.15) is 17.5 Å². The Kier molecular flexibility index (Phi) is 8.25. The number of hydrogen-bond donors (Lipinski definition) is 0. The SMILES string of the molecule is C=C[C@@H]1O[C@H](c2ccccc2)OC[C@H]1N(CC(=C)OCOC)C(=O)OC(C)(C)C. The van der Waals surface area contributed by atoms with Gasteiger partial charge >= 0.3 is 6.09 Å². The van der Waals surface area contributed by atoms with Gasteiger partial charge in [-0.25, -0.2) is 4.79 Å². The molecule has 1 aliphatic rings. The van der Waals surface area contributed by atoms with Crippen LogP contribution in [0.15, 0.2) is 55.3 Å². The van der Waals surface area contributed by atoms with Crippen LogP contribution in [-0.2, 0) is 23.7 Å². The Balaban J connectivity index is 2.18.